The molecule has 0 spiro atoms. The van der Waals surface area contributed by atoms with Crippen LogP contribution in [0.2, 0.25) is 0 Å². The van der Waals surface area contributed by atoms with Crippen molar-refractivity contribution >= 4 is 5.78 Å². The Morgan fingerprint density at radius 3 is 2.71 bits per heavy atom. The second kappa shape index (κ2) is 4.01. The van der Waals surface area contributed by atoms with Crippen LogP contribution in [0.3, 0.4) is 0 Å². The van der Waals surface area contributed by atoms with Crippen molar-refractivity contribution in [2.45, 2.75) is 46.0 Å². The number of carbonyl (C=O) groups excluding carboxylic acids is 1. The molecule has 0 amide bonds. The van der Waals surface area contributed by atoms with Gasteiger partial charge in [-0.3, -0.25) is 4.79 Å². The van der Waals surface area contributed by atoms with Crippen molar-refractivity contribution in [1.82, 2.24) is 0 Å². The number of Topliss-reactive ketones (excluding diaryl/α,β-unsaturated/α-hetero) is 1. The number of fused-ring (bicyclic) bond motifs is 2. The molecule has 1 aromatic rings. The fraction of sp³-hybridized carbons (Fsp3) is 0.667. The SMILES string of the molecule is Cc1cc(C(=O)CC2CC3CCC2C3)c(C)o1. The molecule has 0 aromatic carbocycles. The first kappa shape index (κ1) is 11.1. The smallest absolute Gasteiger partial charge is 0.166 e. The molecule has 3 atom stereocenters. The third kappa shape index (κ3) is 1.94. The molecule has 92 valence electrons. The zero-order valence-corrected chi connectivity index (χ0v) is 10.7. The summed E-state index contributed by atoms with van der Waals surface area (Å²) in [6.07, 6.45) is 6.15. The Bertz CT molecular complexity index is 444. The van der Waals surface area contributed by atoms with Gasteiger partial charge in [-0.05, 0) is 56.9 Å². The molecule has 0 saturated heterocycles. The highest BCUT2D eigenvalue weighted by Crippen LogP contribution is 2.49. The van der Waals surface area contributed by atoms with Crippen molar-refractivity contribution in [2.24, 2.45) is 17.8 Å². The van der Waals surface area contributed by atoms with Crippen molar-refractivity contribution in [3.05, 3.63) is 23.2 Å². The third-order valence-corrected chi connectivity index (χ3v) is 4.67. The second-order valence-electron chi connectivity index (χ2n) is 5.89. The predicted molar refractivity (Wildman–Crippen MR) is 66.1 cm³/mol. The van der Waals surface area contributed by atoms with E-state index in [-0.39, 0.29) is 5.78 Å². The molecule has 0 aliphatic heterocycles. The van der Waals surface area contributed by atoms with Crippen LogP contribution in [0.1, 0.15) is 54.0 Å². The van der Waals surface area contributed by atoms with Gasteiger partial charge in [-0.15, -0.1) is 0 Å². The molecule has 0 radical (unpaired) electrons. The van der Waals surface area contributed by atoms with Crippen molar-refractivity contribution in [2.75, 3.05) is 0 Å². The monoisotopic (exact) mass is 232 g/mol. The summed E-state index contributed by atoms with van der Waals surface area (Å²) >= 11 is 0. The number of ketones is 1. The minimum absolute atomic E-state index is 0.289. The standard InChI is InChI=1S/C15H20O2/c1-9-5-14(10(2)17-9)15(16)8-13-7-11-3-4-12(13)6-11/h5,11-13H,3-4,6-8H2,1-2H3. The minimum Gasteiger partial charge on any atom is -0.466 e. The number of furan rings is 1. The zero-order valence-electron chi connectivity index (χ0n) is 10.7. The minimum atomic E-state index is 0.289. The highest BCUT2D eigenvalue weighted by Gasteiger charge is 2.40. The number of hydrogen-bond donors (Lipinski definition) is 0. The molecule has 2 aliphatic rings. The Morgan fingerprint density at radius 2 is 2.18 bits per heavy atom. The van der Waals surface area contributed by atoms with E-state index in [0.717, 1.165) is 35.3 Å². The van der Waals surface area contributed by atoms with Crippen molar-refractivity contribution in [1.29, 1.82) is 0 Å². The lowest BCUT2D eigenvalue weighted by atomic mass is 9.84. The Balaban J connectivity index is 1.69. The van der Waals surface area contributed by atoms with Gasteiger partial charge in [-0.2, -0.15) is 0 Å². The topological polar surface area (TPSA) is 30.2 Å². The molecule has 17 heavy (non-hydrogen) atoms. The molecule has 2 fully saturated rings. The molecule has 2 saturated carbocycles. The number of carbonyl (C=O) groups is 1. The van der Waals surface area contributed by atoms with Crippen molar-refractivity contribution in [3.8, 4) is 0 Å². The van der Waals surface area contributed by atoms with Crippen LogP contribution in [0.15, 0.2) is 10.5 Å². The molecule has 0 N–H and O–H groups in total. The number of rotatable bonds is 3. The quantitative estimate of drug-likeness (QED) is 0.740. The summed E-state index contributed by atoms with van der Waals surface area (Å²) in [7, 11) is 0. The summed E-state index contributed by atoms with van der Waals surface area (Å²) in [6.45, 7) is 3.79. The first-order valence-electron chi connectivity index (χ1n) is 6.73. The molecule has 2 heteroatoms. The van der Waals surface area contributed by atoms with Gasteiger partial charge in [0, 0.05) is 6.42 Å². The van der Waals surface area contributed by atoms with E-state index in [4.69, 9.17) is 4.42 Å². The van der Waals surface area contributed by atoms with Gasteiger partial charge in [0.15, 0.2) is 5.78 Å². The fourth-order valence-electron chi connectivity index (χ4n) is 3.88. The maximum atomic E-state index is 12.3. The molecular formula is C15H20O2. The Morgan fingerprint density at radius 1 is 1.35 bits per heavy atom. The van der Waals surface area contributed by atoms with E-state index in [1.54, 1.807) is 0 Å². The van der Waals surface area contributed by atoms with Crippen molar-refractivity contribution in [3.63, 3.8) is 0 Å². The average molecular weight is 232 g/mol. The summed E-state index contributed by atoms with van der Waals surface area (Å²) in [6, 6.07) is 1.89. The summed E-state index contributed by atoms with van der Waals surface area (Å²) < 4.78 is 5.44. The van der Waals surface area contributed by atoms with Gasteiger partial charge in [0.25, 0.3) is 0 Å². The van der Waals surface area contributed by atoms with E-state index in [1.807, 2.05) is 19.9 Å². The lowest BCUT2D eigenvalue weighted by Gasteiger charge is -2.20. The van der Waals surface area contributed by atoms with Gasteiger partial charge in [0.2, 0.25) is 0 Å². The lowest BCUT2D eigenvalue weighted by Crippen LogP contribution is -2.15. The van der Waals surface area contributed by atoms with E-state index >= 15 is 0 Å². The first-order valence-corrected chi connectivity index (χ1v) is 6.73. The van der Waals surface area contributed by atoms with Gasteiger partial charge >= 0.3 is 0 Å². The van der Waals surface area contributed by atoms with Crippen molar-refractivity contribution < 1.29 is 9.21 Å². The molecule has 1 heterocycles. The third-order valence-electron chi connectivity index (χ3n) is 4.67. The summed E-state index contributed by atoms with van der Waals surface area (Å²) in [4.78, 5) is 12.3. The normalized spacial score (nSPS) is 31.1. The predicted octanol–water partition coefficient (Wildman–Crippen LogP) is 3.91. The second-order valence-corrected chi connectivity index (χ2v) is 5.89. The summed E-state index contributed by atoms with van der Waals surface area (Å²) in [5.74, 6) is 4.32. The molecule has 3 rings (SSSR count). The average Bonchev–Trinajstić information content (AvgIpc) is 2.93. The van der Waals surface area contributed by atoms with Gasteiger partial charge in [-0.1, -0.05) is 6.42 Å². The van der Waals surface area contributed by atoms with Gasteiger partial charge in [0.05, 0.1) is 5.56 Å². The molecule has 3 unspecified atom stereocenters. The number of hydrogen-bond acceptors (Lipinski definition) is 2. The molecular weight excluding hydrogens is 212 g/mol. The van der Waals surface area contributed by atoms with Crippen LogP contribution in [-0.4, -0.2) is 5.78 Å². The Hall–Kier alpha value is -1.05. The lowest BCUT2D eigenvalue weighted by molar-refractivity contribution is 0.0943. The fourth-order valence-corrected chi connectivity index (χ4v) is 3.88. The van der Waals surface area contributed by atoms with Crippen LogP contribution < -0.4 is 0 Å². The molecule has 1 aromatic heterocycles. The van der Waals surface area contributed by atoms with E-state index in [1.165, 1.54) is 25.7 Å². The highest BCUT2D eigenvalue weighted by molar-refractivity contribution is 5.97. The summed E-state index contributed by atoms with van der Waals surface area (Å²) in [5.41, 5.74) is 0.810. The maximum Gasteiger partial charge on any atom is 0.166 e. The van der Waals surface area contributed by atoms with Gasteiger partial charge in [0.1, 0.15) is 11.5 Å². The van der Waals surface area contributed by atoms with Crippen LogP contribution in [0.4, 0.5) is 0 Å². The van der Waals surface area contributed by atoms with Crippen LogP contribution in [0.5, 0.6) is 0 Å². The van der Waals surface area contributed by atoms with Crippen LogP contribution >= 0.6 is 0 Å². The van der Waals surface area contributed by atoms with E-state index < -0.39 is 0 Å². The molecule has 2 aliphatic carbocycles. The zero-order chi connectivity index (χ0) is 12.0. The summed E-state index contributed by atoms with van der Waals surface area (Å²) in [5, 5.41) is 0. The maximum absolute atomic E-state index is 12.3. The largest absolute Gasteiger partial charge is 0.466 e. The van der Waals surface area contributed by atoms with E-state index in [0.29, 0.717) is 5.92 Å². The van der Waals surface area contributed by atoms with Crippen LogP contribution in [0, 0.1) is 31.6 Å². The van der Waals surface area contributed by atoms with Gasteiger partial charge in [-0.25, -0.2) is 0 Å². The Labute approximate surface area is 102 Å². The van der Waals surface area contributed by atoms with Gasteiger partial charge < -0.3 is 4.42 Å². The number of aryl methyl sites for hydroxylation is 2. The first-order chi connectivity index (χ1) is 8.13. The Kier molecular flexibility index (Phi) is 2.61. The molecule has 2 nitrogen and oxygen atoms in total. The molecule has 2 bridgehead atoms. The van der Waals surface area contributed by atoms with Crippen LogP contribution in [0.25, 0.3) is 0 Å². The van der Waals surface area contributed by atoms with Crippen LogP contribution in [-0.2, 0) is 0 Å². The highest BCUT2D eigenvalue weighted by atomic mass is 16.3. The van der Waals surface area contributed by atoms with E-state index in [2.05, 4.69) is 0 Å². The van der Waals surface area contributed by atoms with E-state index in [9.17, 15) is 4.79 Å².